The molecule has 332 valence electrons. The van der Waals surface area contributed by atoms with Crippen LogP contribution >= 0.6 is 34.0 Å². The van der Waals surface area contributed by atoms with Crippen LogP contribution in [-0.4, -0.2) is 122 Å². The van der Waals surface area contributed by atoms with Crippen LogP contribution in [0.15, 0.2) is 24.3 Å². The van der Waals surface area contributed by atoms with Crippen molar-refractivity contribution in [2.24, 2.45) is 23.3 Å². The Bertz CT molecular complexity index is 1760. The molecule has 0 aliphatic heterocycles. The normalized spacial score (nSPS) is 12.4. The second kappa shape index (κ2) is 25.3. The van der Waals surface area contributed by atoms with Crippen molar-refractivity contribution in [1.82, 2.24) is 31.9 Å². The van der Waals surface area contributed by atoms with E-state index < -0.39 is 70.6 Å². The van der Waals surface area contributed by atoms with E-state index in [9.17, 15) is 48.6 Å². The second-order valence-corrected chi connectivity index (χ2v) is 14.5. The molecule has 0 fully saturated rings. The molecule has 0 spiro atoms. The van der Waals surface area contributed by atoms with Crippen molar-refractivity contribution in [2.45, 2.75) is 52.6 Å². The van der Waals surface area contributed by atoms with Crippen LogP contribution in [0, 0.1) is 11.8 Å². The number of hydrogen-bond donors (Lipinski definition) is 12. The van der Waals surface area contributed by atoms with E-state index in [-0.39, 0.29) is 132 Å². The molecule has 20 nitrogen and oxygen atoms in total. The quantitative estimate of drug-likeness (QED) is 0.0390. The predicted molar refractivity (Wildman–Crippen MR) is 234 cm³/mol. The lowest BCUT2D eigenvalue weighted by Crippen LogP contribution is -2.49. The van der Waals surface area contributed by atoms with Gasteiger partial charge in [-0.25, -0.2) is 0 Å². The van der Waals surface area contributed by atoms with E-state index in [0.29, 0.717) is 12.8 Å². The Balaban J connectivity index is 0.00000900. The number of phenolic OH excluding ortho intramolecular Hbond substituents is 2. The van der Waals surface area contributed by atoms with Crippen LogP contribution in [0.25, 0.3) is 0 Å². The van der Waals surface area contributed by atoms with Crippen LogP contribution in [0.3, 0.4) is 0 Å². The smallest absolute Gasteiger partial charge is 0.240 e. The molecule has 0 saturated carbocycles. The molecule has 22 heteroatoms. The number of rotatable bonds is 24. The zero-order valence-electron chi connectivity index (χ0n) is 33.8. The molecular formula is C38H56Br2N10O10. The van der Waals surface area contributed by atoms with Gasteiger partial charge in [0.1, 0.15) is 23.6 Å². The molecule has 0 saturated heterocycles. The number of hydrogen-bond acceptors (Lipinski definition) is 14. The van der Waals surface area contributed by atoms with Crippen LogP contribution in [0.2, 0.25) is 0 Å². The van der Waals surface area contributed by atoms with Crippen LogP contribution in [0.4, 0.5) is 11.4 Å². The third kappa shape index (κ3) is 15.7. The highest BCUT2D eigenvalue weighted by molar-refractivity contribution is 8.93. The number of fused-ring (bicyclic) bond motifs is 2. The van der Waals surface area contributed by atoms with Crippen LogP contribution in [-0.2, 0) is 28.8 Å². The molecule has 0 heterocycles. The number of carbonyl (C=O) groups excluding carboxylic acids is 8. The predicted octanol–water partition coefficient (Wildman–Crippen LogP) is -0.703. The summed E-state index contributed by atoms with van der Waals surface area (Å²) in [7, 11) is 0. The largest absolute Gasteiger partial charge is 0.507 e. The first kappa shape index (κ1) is 52.7. The Hall–Kier alpha value is -5.32. The number of primary amides is 2. The Morgan fingerprint density at radius 1 is 0.533 bits per heavy atom. The lowest BCUT2D eigenvalue weighted by Gasteiger charge is -2.25. The molecule has 1 aliphatic rings. The Morgan fingerprint density at radius 2 is 0.883 bits per heavy atom. The molecule has 0 unspecified atom stereocenters. The summed E-state index contributed by atoms with van der Waals surface area (Å²) in [6.07, 6.45) is 0.711. The van der Waals surface area contributed by atoms with Gasteiger partial charge in [0.05, 0.1) is 48.4 Å². The molecule has 14 N–H and O–H groups in total. The first-order chi connectivity index (χ1) is 27.4. The summed E-state index contributed by atoms with van der Waals surface area (Å²) in [5, 5.41) is 42.9. The summed E-state index contributed by atoms with van der Waals surface area (Å²) < 4.78 is 0. The number of carbonyl (C=O) groups is 8. The van der Waals surface area contributed by atoms with E-state index in [2.05, 4.69) is 42.5 Å². The van der Waals surface area contributed by atoms with Gasteiger partial charge in [-0.1, -0.05) is 27.7 Å². The van der Waals surface area contributed by atoms with Gasteiger partial charge in [0.25, 0.3) is 0 Å². The third-order valence-corrected chi connectivity index (χ3v) is 8.74. The second-order valence-electron chi connectivity index (χ2n) is 14.5. The Labute approximate surface area is 368 Å². The summed E-state index contributed by atoms with van der Waals surface area (Å²) in [5.41, 5.74) is 10.4. The molecule has 2 aromatic carbocycles. The van der Waals surface area contributed by atoms with Gasteiger partial charge in [-0.15, -0.1) is 34.0 Å². The van der Waals surface area contributed by atoms with Crippen LogP contribution in [0.5, 0.6) is 11.5 Å². The number of anilines is 2. The fourth-order valence-corrected chi connectivity index (χ4v) is 6.04. The minimum Gasteiger partial charge on any atom is -0.507 e. The molecule has 3 rings (SSSR count). The van der Waals surface area contributed by atoms with Crippen molar-refractivity contribution in [1.29, 1.82) is 0 Å². The molecule has 2 atom stereocenters. The molecule has 0 aromatic heterocycles. The van der Waals surface area contributed by atoms with Crippen LogP contribution in [0.1, 0.15) is 72.4 Å². The minimum atomic E-state index is -0.855. The van der Waals surface area contributed by atoms with E-state index in [4.69, 9.17) is 11.5 Å². The standard InChI is InChI=1S/C38H54N10O10.2BrH/c1-19(2)13-23(37(39)57)47-29(53)17-45-27(51)15-41-9-11-43-21-5-6-22(32-31(21)35(55)33-25(49)7-8-26(50)34(33)36(32)56)44-12-10-42-16-28(52)46-18-30(54)48-24(38(40)58)14-20(3)4;;/h5-8,19-20,23-24,41-44,49-50H,9-18H2,1-4H3,(H2,39,57)(H2,40,58)(H,45,51)(H,46,52)(H,47,53)(H,48,54);2*1H/t23-,24-;;/m0../s1. The van der Waals surface area contributed by atoms with Crippen molar-refractivity contribution in [3.05, 3.63) is 46.5 Å². The van der Waals surface area contributed by atoms with Gasteiger partial charge >= 0.3 is 0 Å². The highest BCUT2D eigenvalue weighted by Crippen LogP contribution is 2.42. The molecular weight excluding hydrogens is 916 g/mol. The number of nitrogens with one attached hydrogen (secondary N) is 8. The van der Waals surface area contributed by atoms with Crippen molar-refractivity contribution in [2.75, 3.05) is 63.0 Å². The number of ketones is 2. The maximum absolute atomic E-state index is 13.8. The highest BCUT2D eigenvalue weighted by atomic mass is 79.9. The van der Waals surface area contributed by atoms with Gasteiger partial charge in [0.2, 0.25) is 47.0 Å². The van der Waals surface area contributed by atoms with E-state index in [0.717, 1.165) is 12.1 Å². The fraction of sp³-hybridized carbons (Fsp3) is 0.474. The molecule has 0 radical (unpaired) electrons. The Morgan fingerprint density at radius 3 is 1.20 bits per heavy atom. The SMILES string of the molecule is Br.Br.CC(C)C[C@H](NC(=O)CNC(=O)CNCCNc1ccc(NCCNCC(=O)NCC(=O)N[C@@H](CC(C)C)C(N)=O)c2c1C(=O)c1c(O)ccc(O)c1C2=O)C(N)=O. The van der Waals surface area contributed by atoms with E-state index >= 15 is 0 Å². The number of nitrogens with two attached hydrogens (primary N) is 2. The average molecular weight is 973 g/mol. The fourth-order valence-electron chi connectivity index (χ4n) is 6.04. The number of halogens is 2. The van der Waals surface area contributed by atoms with Gasteiger partial charge in [0.15, 0.2) is 0 Å². The lowest BCUT2D eigenvalue weighted by atomic mass is 9.81. The monoisotopic (exact) mass is 970 g/mol. The number of amides is 6. The third-order valence-electron chi connectivity index (χ3n) is 8.74. The van der Waals surface area contributed by atoms with Gasteiger partial charge in [-0.05, 0) is 48.9 Å². The zero-order valence-corrected chi connectivity index (χ0v) is 37.2. The average Bonchev–Trinajstić information content (AvgIpc) is 3.15. The molecule has 60 heavy (non-hydrogen) atoms. The van der Waals surface area contributed by atoms with E-state index in [1.54, 1.807) is 12.1 Å². The number of benzene rings is 2. The summed E-state index contributed by atoms with van der Waals surface area (Å²) in [6.45, 7) is 7.18. The molecule has 0 bridgehead atoms. The lowest BCUT2D eigenvalue weighted by molar-refractivity contribution is -0.128. The zero-order chi connectivity index (χ0) is 43.1. The Kier molecular flexibility index (Phi) is 22.3. The van der Waals surface area contributed by atoms with Crippen molar-refractivity contribution >= 4 is 92.3 Å². The summed E-state index contributed by atoms with van der Waals surface area (Å²) >= 11 is 0. The van der Waals surface area contributed by atoms with E-state index in [1.807, 2.05) is 27.7 Å². The van der Waals surface area contributed by atoms with Crippen LogP contribution < -0.4 is 54.0 Å². The maximum atomic E-state index is 13.8. The summed E-state index contributed by atoms with van der Waals surface area (Å²) in [4.78, 5) is 99.9. The minimum absolute atomic E-state index is 0. The van der Waals surface area contributed by atoms with Gasteiger partial charge in [-0.3, -0.25) is 38.4 Å². The topological polar surface area (TPSA) is 325 Å². The van der Waals surface area contributed by atoms with Crippen molar-refractivity contribution in [3.63, 3.8) is 0 Å². The number of aromatic hydroxyl groups is 2. The number of phenols is 2. The summed E-state index contributed by atoms with van der Waals surface area (Å²) in [5.74, 6) is -5.67. The molecule has 6 amide bonds. The van der Waals surface area contributed by atoms with Gasteiger partial charge in [0, 0.05) is 37.6 Å². The van der Waals surface area contributed by atoms with Gasteiger partial charge in [-0.2, -0.15) is 0 Å². The van der Waals surface area contributed by atoms with Crippen molar-refractivity contribution in [3.8, 4) is 11.5 Å². The first-order valence-corrected chi connectivity index (χ1v) is 18.8. The highest BCUT2D eigenvalue weighted by Gasteiger charge is 2.38. The maximum Gasteiger partial charge on any atom is 0.240 e. The summed E-state index contributed by atoms with van der Waals surface area (Å²) in [6, 6.07) is 3.61. The molecule has 2 aromatic rings. The van der Waals surface area contributed by atoms with E-state index in [1.165, 1.54) is 0 Å². The molecule has 1 aliphatic carbocycles. The van der Waals surface area contributed by atoms with Gasteiger partial charge < -0.3 is 64.2 Å². The van der Waals surface area contributed by atoms with Crippen molar-refractivity contribution < 1.29 is 48.6 Å². The first-order valence-electron chi connectivity index (χ1n) is 18.8.